The van der Waals surface area contributed by atoms with Crippen LogP contribution in [0.25, 0.3) is 0 Å². The summed E-state index contributed by atoms with van der Waals surface area (Å²) in [5, 5.41) is 0. The van der Waals surface area contributed by atoms with Gasteiger partial charge in [0.1, 0.15) is 34.2 Å². The van der Waals surface area contributed by atoms with Gasteiger partial charge in [-0.05, 0) is 13.8 Å². The summed E-state index contributed by atoms with van der Waals surface area (Å²) >= 11 is 0. The van der Waals surface area contributed by atoms with Crippen molar-refractivity contribution < 1.29 is 9.59 Å². The number of carbonyl (C=O) groups is 2. The van der Waals surface area contributed by atoms with Gasteiger partial charge in [-0.15, -0.1) is 0 Å². The summed E-state index contributed by atoms with van der Waals surface area (Å²) in [4.78, 5) is 60.6. The maximum atomic E-state index is 12.3. The van der Waals surface area contributed by atoms with Crippen molar-refractivity contribution in [2.75, 3.05) is 0 Å². The van der Waals surface area contributed by atoms with Gasteiger partial charge in [0, 0.05) is 0 Å². The fourth-order valence-electron chi connectivity index (χ4n) is 2.16. The first-order valence-corrected chi connectivity index (χ1v) is 5.71. The van der Waals surface area contributed by atoms with Gasteiger partial charge in [-0.3, -0.25) is 19.2 Å². The average molecular weight is 272 g/mol. The third-order valence-corrected chi connectivity index (χ3v) is 2.96. The molecule has 1 aliphatic carbocycles. The molecule has 0 fully saturated rings. The molecule has 0 saturated heterocycles. The maximum absolute atomic E-state index is 12.3. The summed E-state index contributed by atoms with van der Waals surface area (Å²) in [6, 6.07) is 0. The summed E-state index contributed by atoms with van der Waals surface area (Å²) in [5.41, 5.74) is -2.77. The number of nitrogens with zero attached hydrogens (tertiary/aromatic N) is 2. The second-order valence-electron chi connectivity index (χ2n) is 4.41. The molecule has 2 aromatic rings. The standard InChI is InChI=1S/C12H8N4O4/c1-3-13-7-5(11(19)15-3)10(18)8-6(9(7)17)12(20)16-4(2)14-8/h1-2H3,(H,13,15,19)(H,14,16,20). The summed E-state index contributed by atoms with van der Waals surface area (Å²) in [5.74, 6) is -1.15. The van der Waals surface area contributed by atoms with E-state index in [1.54, 1.807) is 0 Å². The lowest BCUT2D eigenvalue weighted by atomic mass is 9.92. The zero-order valence-corrected chi connectivity index (χ0v) is 10.5. The van der Waals surface area contributed by atoms with Crippen LogP contribution in [0, 0.1) is 13.8 Å². The largest absolute Gasteiger partial charge is 0.310 e. The number of hydrogen-bond acceptors (Lipinski definition) is 6. The molecule has 0 spiro atoms. The Balaban J connectivity index is 2.46. The number of carbonyl (C=O) groups excluding carboxylic acids is 2. The normalized spacial score (nSPS) is 13.1. The van der Waals surface area contributed by atoms with Crippen LogP contribution >= 0.6 is 0 Å². The molecular formula is C12H8N4O4. The highest BCUT2D eigenvalue weighted by Gasteiger charge is 2.37. The number of H-pyrrole nitrogens is 2. The second-order valence-corrected chi connectivity index (χ2v) is 4.41. The Morgan fingerprint density at radius 1 is 0.700 bits per heavy atom. The Bertz CT molecular complexity index is 831. The Morgan fingerprint density at radius 3 is 1.40 bits per heavy atom. The lowest BCUT2D eigenvalue weighted by Crippen LogP contribution is -2.36. The monoisotopic (exact) mass is 272 g/mol. The number of fused-ring (bicyclic) bond motifs is 2. The summed E-state index contributed by atoms with van der Waals surface area (Å²) in [6.45, 7) is 2.96. The van der Waals surface area contributed by atoms with Crippen molar-refractivity contribution in [1.29, 1.82) is 0 Å². The second kappa shape index (κ2) is 3.80. The quantitative estimate of drug-likeness (QED) is 0.554. The SMILES string of the molecule is Cc1nc2c(c(=O)[nH]1)C(=O)c1nc(C)[nH]c(=O)c1C2=O. The summed E-state index contributed by atoms with van der Waals surface area (Å²) < 4.78 is 0. The number of aromatic nitrogens is 4. The van der Waals surface area contributed by atoms with E-state index in [4.69, 9.17) is 0 Å². The molecule has 0 aliphatic heterocycles. The van der Waals surface area contributed by atoms with Crippen LogP contribution in [0.3, 0.4) is 0 Å². The summed E-state index contributed by atoms with van der Waals surface area (Å²) in [7, 11) is 0. The minimum absolute atomic E-state index is 0.190. The van der Waals surface area contributed by atoms with Crippen molar-refractivity contribution in [3.63, 3.8) is 0 Å². The van der Waals surface area contributed by atoms with Gasteiger partial charge in [0.05, 0.1) is 0 Å². The minimum atomic E-state index is -0.766. The van der Waals surface area contributed by atoms with Crippen LogP contribution in [0.2, 0.25) is 0 Å². The van der Waals surface area contributed by atoms with Crippen molar-refractivity contribution in [2.45, 2.75) is 13.8 Å². The molecule has 0 bridgehead atoms. The molecule has 2 N–H and O–H groups in total. The van der Waals surface area contributed by atoms with Gasteiger partial charge in [0.2, 0.25) is 11.6 Å². The van der Waals surface area contributed by atoms with E-state index in [0.29, 0.717) is 0 Å². The third kappa shape index (κ3) is 1.48. The smallest absolute Gasteiger partial charge is 0.262 e. The van der Waals surface area contributed by atoms with E-state index in [1.807, 2.05) is 0 Å². The Morgan fingerprint density at radius 2 is 1.05 bits per heavy atom. The van der Waals surface area contributed by atoms with E-state index in [9.17, 15) is 19.2 Å². The first-order chi connectivity index (χ1) is 9.40. The predicted octanol–water partition coefficient (Wildman–Crippen LogP) is -0.755. The van der Waals surface area contributed by atoms with Crippen molar-refractivity contribution in [3.05, 3.63) is 54.9 Å². The van der Waals surface area contributed by atoms with Crippen LogP contribution in [-0.2, 0) is 0 Å². The highest BCUT2D eigenvalue weighted by atomic mass is 16.2. The van der Waals surface area contributed by atoms with Gasteiger partial charge in [-0.2, -0.15) is 0 Å². The number of aromatic amines is 2. The van der Waals surface area contributed by atoms with Crippen molar-refractivity contribution in [3.8, 4) is 0 Å². The fourth-order valence-corrected chi connectivity index (χ4v) is 2.16. The molecule has 2 aromatic heterocycles. The molecule has 0 atom stereocenters. The molecule has 0 unspecified atom stereocenters. The summed E-state index contributed by atoms with van der Waals surface area (Å²) in [6.07, 6.45) is 0. The maximum Gasteiger partial charge on any atom is 0.262 e. The molecule has 8 nitrogen and oxygen atoms in total. The van der Waals surface area contributed by atoms with Gasteiger partial charge < -0.3 is 9.97 Å². The van der Waals surface area contributed by atoms with Gasteiger partial charge in [-0.1, -0.05) is 0 Å². The molecule has 0 amide bonds. The molecule has 20 heavy (non-hydrogen) atoms. The number of hydrogen-bond donors (Lipinski definition) is 2. The number of ketones is 2. The van der Waals surface area contributed by atoms with Gasteiger partial charge in [0.15, 0.2) is 0 Å². The van der Waals surface area contributed by atoms with E-state index < -0.39 is 22.7 Å². The first kappa shape index (κ1) is 12.2. The van der Waals surface area contributed by atoms with Crippen LogP contribution in [-0.4, -0.2) is 31.5 Å². The molecular weight excluding hydrogens is 264 g/mol. The molecule has 1 aliphatic rings. The van der Waals surface area contributed by atoms with Crippen molar-refractivity contribution >= 4 is 11.6 Å². The topological polar surface area (TPSA) is 126 Å². The van der Waals surface area contributed by atoms with E-state index in [-0.39, 0.29) is 34.2 Å². The van der Waals surface area contributed by atoms with E-state index in [1.165, 1.54) is 13.8 Å². The third-order valence-electron chi connectivity index (χ3n) is 2.96. The van der Waals surface area contributed by atoms with Gasteiger partial charge >= 0.3 is 0 Å². The Kier molecular flexibility index (Phi) is 2.31. The molecule has 0 radical (unpaired) electrons. The zero-order valence-electron chi connectivity index (χ0n) is 10.5. The average Bonchev–Trinajstić information content (AvgIpc) is 2.34. The number of nitrogens with one attached hydrogen (secondary N) is 2. The Labute approximate surface area is 110 Å². The van der Waals surface area contributed by atoms with Crippen LogP contribution in [0.15, 0.2) is 9.59 Å². The van der Waals surface area contributed by atoms with Crippen LogP contribution in [0.5, 0.6) is 0 Å². The number of rotatable bonds is 0. The number of aryl methyl sites for hydroxylation is 2. The molecule has 3 rings (SSSR count). The molecule has 0 aromatic carbocycles. The molecule has 2 heterocycles. The minimum Gasteiger partial charge on any atom is -0.310 e. The van der Waals surface area contributed by atoms with E-state index in [2.05, 4.69) is 19.9 Å². The van der Waals surface area contributed by atoms with Gasteiger partial charge in [0.25, 0.3) is 11.1 Å². The van der Waals surface area contributed by atoms with E-state index in [0.717, 1.165) is 0 Å². The molecule has 100 valence electrons. The fraction of sp³-hybridized carbons (Fsp3) is 0.167. The Hall–Kier alpha value is -2.90. The predicted molar refractivity (Wildman–Crippen MR) is 66.1 cm³/mol. The lowest BCUT2D eigenvalue weighted by molar-refractivity contribution is 0.0968. The molecule has 0 saturated carbocycles. The van der Waals surface area contributed by atoms with Gasteiger partial charge in [-0.25, -0.2) is 9.97 Å². The van der Waals surface area contributed by atoms with E-state index >= 15 is 0 Å². The van der Waals surface area contributed by atoms with Crippen molar-refractivity contribution in [2.24, 2.45) is 0 Å². The van der Waals surface area contributed by atoms with Crippen LogP contribution < -0.4 is 11.1 Å². The molecule has 8 heteroatoms. The lowest BCUT2D eigenvalue weighted by Gasteiger charge is -2.14. The first-order valence-electron chi connectivity index (χ1n) is 5.71. The highest BCUT2D eigenvalue weighted by molar-refractivity contribution is 6.26. The van der Waals surface area contributed by atoms with Crippen LogP contribution in [0.4, 0.5) is 0 Å². The van der Waals surface area contributed by atoms with Crippen molar-refractivity contribution in [1.82, 2.24) is 19.9 Å². The highest BCUT2D eigenvalue weighted by Crippen LogP contribution is 2.19. The van der Waals surface area contributed by atoms with Crippen LogP contribution in [0.1, 0.15) is 43.8 Å². The zero-order chi connectivity index (χ0) is 14.6.